The zero-order valence-corrected chi connectivity index (χ0v) is 18.2. The summed E-state index contributed by atoms with van der Waals surface area (Å²) in [5.74, 6) is 0.886. The van der Waals surface area contributed by atoms with Crippen LogP contribution in [0.4, 0.5) is 0 Å². The Bertz CT molecular complexity index is 598. The van der Waals surface area contributed by atoms with E-state index in [1.807, 2.05) is 24.1 Å². The first-order valence-corrected chi connectivity index (χ1v) is 11.4. The minimum Gasteiger partial charge on any atom is -0.344 e. The van der Waals surface area contributed by atoms with E-state index in [9.17, 15) is 4.79 Å². The standard InChI is InChI=1S/C23H36ClN3O/c1-25(23(28)19-26-13-4-2-3-5-14-26)17-21-7-6-15-27(18-21)16-12-20-8-10-22(24)11-9-20/h8-11,21H,2-7,12-19H2,1H3. The van der Waals surface area contributed by atoms with Crippen LogP contribution in [-0.2, 0) is 11.2 Å². The predicted octanol–water partition coefficient (Wildman–Crippen LogP) is 3.93. The number of carbonyl (C=O) groups is 1. The van der Waals surface area contributed by atoms with Crippen molar-refractivity contribution in [3.8, 4) is 0 Å². The van der Waals surface area contributed by atoms with Crippen LogP contribution in [0.15, 0.2) is 24.3 Å². The molecule has 4 nitrogen and oxygen atoms in total. The summed E-state index contributed by atoms with van der Waals surface area (Å²) >= 11 is 5.98. The highest BCUT2D eigenvalue weighted by Gasteiger charge is 2.23. The number of halogens is 1. The van der Waals surface area contributed by atoms with E-state index in [-0.39, 0.29) is 0 Å². The summed E-state index contributed by atoms with van der Waals surface area (Å²) in [5.41, 5.74) is 1.34. The summed E-state index contributed by atoms with van der Waals surface area (Å²) in [6, 6.07) is 8.19. The second-order valence-electron chi connectivity index (χ2n) is 8.65. The highest BCUT2D eigenvalue weighted by atomic mass is 35.5. The number of nitrogens with zero attached hydrogens (tertiary/aromatic N) is 3. The first kappa shape index (κ1) is 21.6. The van der Waals surface area contributed by atoms with Crippen LogP contribution in [0.25, 0.3) is 0 Å². The van der Waals surface area contributed by atoms with Gasteiger partial charge in [0.25, 0.3) is 0 Å². The van der Waals surface area contributed by atoms with Gasteiger partial charge in [-0.05, 0) is 75.4 Å². The zero-order valence-electron chi connectivity index (χ0n) is 17.4. The smallest absolute Gasteiger partial charge is 0.236 e. The molecule has 0 saturated carbocycles. The minimum atomic E-state index is 0.292. The number of carbonyl (C=O) groups excluding carboxylic acids is 1. The van der Waals surface area contributed by atoms with Gasteiger partial charge in [-0.3, -0.25) is 9.69 Å². The van der Waals surface area contributed by atoms with Crippen LogP contribution < -0.4 is 0 Å². The molecule has 2 aliphatic rings. The first-order valence-electron chi connectivity index (χ1n) is 11.0. The van der Waals surface area contributed by atoms with Crippen LogP contribution in [0.3, 0.4) is 0 Å². The van der Waals surface area contributed by atoms with E-state index in [1.54, 1.807) is 0 Å². The molecule has 5 heteroatoms. The third-order valence-corrected chi connectivity index (χ3v) is 6.50. The molecule has 1 unspecified atom stereocenters. The fourth-order valence-corrected chi connectivity index (χ4v) is 4.66. The molecule has 28 heavy (non-hydrogen) atoms. The number of hydrogen-bond donors (Lipinski definition) is 0. The maximum absolute atomic E-state index is 12.7. The molecule has 0 spiro atoms. The van der Waals surface area contributed by atoms with Gasteiger partial charge in [-0.2, -0.15) is 0 Å². The molecule has 2 aliphatic heterocycles. The van der Waals surface area contributed by atoms with Crippen molar-refractivity contribution < 1.29 is 4.79 Å². The molecule has 0 radical (unpaired) electrons. The molecule has 2 heterocycles. The fraction of sp³-hybridized carbons (Fsp3) is 0.696. The van der Waals surface area contributed by atoms with E-state index in [0.717, 1.165) is 44.2 Å². The van der Waals surface area contributed by atoms with E-state index >= 15 is 0 Å². The normalized spacial score (nSPS) is 22.0. The maximum Gasteiger partial charge on any atom is 0.236 e. The Morgan fingerprint density at radius 1 is 1.04 bits per heavy atom. The molecule has 0 aliphatic carbocycles. The summed E-state index contributed by atoms with van der Waals surface area (Å²) in [4.78, 5) is 19.6. The van der Waals surface area contributed by atoms with Gasteiger partial charge in [-0.1, -0.05) is 36.6 Å². The van der Waals surface area contributed by atoms with E-state index in [2.05, 4.69) is 21.9 Å². The molecule has 2 saturated heterocycles. The number of amides is 1. The van der Waals surface area contributed by atoms with Gasteiger partial charge in [-0.15, -0.1) is 0 Å². The summed E-state index contributed by atoms with van der Waals surface area (Å²) in [7, 11) is 1.99. The molecular formula is C23H36ClN3O. The number of rotatable bonds is 7. The lowest BCUT2D eigenvalue weighted by atomic mass is 9.97. The lowest BCUT2D eigenvalue weighted by molar-refractivity contribution is -0.131. The number of piperidine rings is 1. The Hall–Kier alpha value is -1.10. The Morgan fingerprint density at radius 2 is 1.71 bits per heavy atom. The largest absolute Gasteiger partial charge is 0.344 e. The van der Waals surface area contributed by atoms with Crippen LogP contribution in [0.2, 0.25) is 5.02 Å². The van der Waals surface area contributed by atoms with E-state index in [0.29, 0.717) is 18.4 Å². The maximum atomic E-state index is 12.7. The average molecular weight is 406 g/mol. The van der Waals surface area contributed by atoms with Crippen molar-refractivity contribution in [2.75, 3.05) is 52.9 Å². The van der Waals surface area contributed by atoms with E-state index < -0.39 is 0 Å². The topological polar surface area (TPSA) is 26.8 Å². The van der Waals surface area contributed by atoms with Crippen LogP contribution in [0.5, 0.6) is 0 Å². The fourth-order valence-electron chi connectivity index (χ4n) is 4.54. The van der Waals surface area contributed by atoms with Gasteiger partial charge in [-0.25, -0.2) is 0 Å². The van der Waals surface area contributed by atoms with Crippen molar-refractivity contribution in [2.24, 2.45) is 5.92 Å². The molecule has 2 fully saturated rings. The predicted molar refractivity (Wildman–Crippen MR) is 117 cm³/mol. The summed E-state index contributed by atoms with van der Waals surface area (Å²) in [5, 5.41) is 0.801. The molecule has 156 valence electrons. The number of likely N-dealkylation sites (tertiary alicyclic amines) is 2. The minimum absolute atomic E-state index is 0.292. The molecule has 1 amide bonds. The average Bonchev–Trinajstić information content (AvgIpc) is 2.96. The molecule has 1 aromatic rings. The van der Waals surface area contributed by atoms with Crippen molar-refractivity contribution in [2.45, 2.75) is 44.9 Å². The number of benzene rings is 1. The highest BCUT2D eigenvalue weighted by molar-refractivity contribution is 6.30. The van der Waals surface area contributed by atoms with Gasteiger partial charge < -0.3 is 9.80 Å². The number of likely N-dealkylation sites (N-methyl/N-ethyl adjacent to an activating group) is 1. The van der Waals surface area contributed by atoms with Crippen molar-refractivity contribution >= 4 is 17.5 Å². The highest BCUT2D eigenvalue weighted by Crippen LogP contribution is 2.19. The van der Waals surface area contributed by atoms with Gasteiger partial charge in [0.1, 0.15) is 0 Å². The van der Waals surface area contributed by atoms with Crippen LogP contribution in [-0.4, -0.2) is 73.5 Å². The van der Waals surface area contributed by atoms with Crippen LogP contribution in [0, 0.1) is 5.92 Å². The van der Waals surface area contributed by atoms with Crippen molar-refractivity contribution in [3.63, 3.8) is 0 Å². The second-order valence-corrected chi connectivity index (χ2v) is 9.09. The molecule has 0 N–H and O–H groups in total. The van der Waals surface area contributed by atoms with Gasteiger partial charge in [0.05, 0.1) is 6.54 Å². The third kappa shape index (κ3) is 7.06. The van der Waals surface area contributed by atoms with Gasteiger partial charge in [0.15, 0.2) is 0 Å². The third-order valence-electron chi connectivity index (χ3n) is 6.25. The quantitative estimate of drug-likeness (QED) is 0.687. The summed E-state index contributed by atoms with van der Waals surface area (Å²) in [6.07, 6.45) is 8.64. The van der Waals surface area contributed by atoms with Gasteiger partial charge in [0.2, 0.25) is 5.91 Å². The molecule has 1 atom stereocenters. The van der Waals surface area contributed by atoms with Crippen molar-refractivity contribution in [1.82, 2.24) is 14.7 Å². The molecule has 0 bridgehead atoms. The molecular weight excluding hydrogens is 370 g/mol. The van der Waals surface area contributed by atoms with Gasteiger partial charge in [0, 0.05) is 31.7 Å². The van der Waals surface area contributed by atoms with Gasteiger partial charge >= 0.3 is 0 Å². The monoisotopic (exact) mass is 405 g/mol. The Labute approximate surface area is 175 Å². The Morgan fingerprint density at radius 3 is 2.43 bits per heavy atom. The second kappa shape index (κ2) is 11.2. The number of hydrogen-bond acceptors (Lipinski definition) is 3. The Kier molecular flexibility index (Phi) is 8.63. The zero-order chi connectivity index (χ0) is 19.8. The molecule has 0 aromatic heterocycles. The lowest BCUT2D eigenvalue weighted by Crippen LogP contribution is -2.44. The molecule has 1 aromatic carbocycles. The Balaban J connectivity index is 1.40. The van der Waals surface area contributed by atoms with Crippen molar-refractivity contribution in [1.29, 1.82) is 0 Å². The SMILES string of the molecule is CN(CC1CCCN(CCc2ccc(Cl)cc2)C1)C(=O)CN1CCCCCC1. The van der Waals surface area contributed by atoms with Crippen LogP contribution >= 0.6 is 11.6 Å². The van der Waals surface area contributed by atoms with E-state index in [4.69, 9.17) is 11.6 Å². The summed E-state index contributed by atoms with van der Waals surface area (Å²) < 4.78 is 0. The van der Waals surface area contributed by atoms with E-state index in [1.165, 1.54) is 50.6 Å². The summed E-state index contributed by atoms with van der Waals surface area (Å²) in [6.45, 7) is 7.03. The molecule has 3 rings (SSSR count). The van der Waals surface area contributed by atoms with Crippen LogP contribution in [0.1, 0.15) is 44.1 Å². The lowest BCUT2D eigenvalue weighted by Gasteiger charge is -2.35. The van der Waals surface area contributed by atoms with Crippen molar-refractivity contribution in [3.05, 3.63) is 34.9 Å². The first-order chi connectivity index (χ1) is 13.6.